The van der Waals surface area contributed by atoms with Gasteiger partial charge in [-0.1, -0.05) is 158 Å². The van der Waals surface area contributed by atoms with Crippen LogP contribution in [0.4, 0.5) is 0 Å². The van der Waals surface area contributed by atoms with Gasteiger partial charge in [0.05, 0.1) is 15.7 Å². The molecule has 2 heterocycles. The first-order valence-corrected chi connectivity index (χ1v) is 18.7. The lowest BCUT2D eigenvalue weighted by Crippen LogP contribution is -1.94. The molecule has 0 atom stereocenters. The topological polar surface area (TPSA) is 4.93 Å². The zero-order chi connectivity index (χ0) is 34.2. The molecule has 0 aliphatic rings. The molecule has 9 aromatic carbocycles. The van der Waals surface area contributed by atoms with Crippen LogP contribution in [0.3, 0.4) is 0 Å². The lowest BCUT2D eigenvalue weighted by atomic mass is 9.96. The number of aromatic nitrogens is 1. The molecule has 11 aromatic rings. The third-order valence-corrected chi connectivity index (χ3v) is 12.0. The molecule has 2 aromatic heterocycles. The van der Waals surface area contributed by atoms with Crippen molar-refractivity contribution < 1.29 is 0 Å². The van der Waals surface area contributed by atoms with Crippen LogP contribution in [0.1, 0.15) is 0 Å². The van der Waals surface area contributed by atoms with Crippen molar-refractivity contribution in [3.8, 4) is 39.1 Å². The van der Waals surface area contributed by atoms with Gasteiger partial charge in [0.1, 0.15) is 0 Å². The SMILES string of the molecule is c1ccc(-c2ccc(-c3ccc4c(c3)c3c5ccccc5c5c6ccccc6sc5c3n4-c3ccc(-c4cccc5ccccc45)cc3)cc2)cc1. The normalized spacial score (nSPS) is 11.8. The maximum atomic E-state index is 2.52. The van der Waals surface area contributed by atoms with E-state index in [-0.39, 0.29) is 0 Å². The number of hydrogen-bond donors (Lipinski definition) is 0. The highest BCUT2D eigenvalue weighted by molar-refractivity contribution is 7.27. The zero-order valence-electron chi connectivity index (χ0n) is 28.3. The molecule has 0 spiro atoms. The molecule has 0 unspecified atom stereocenters. The summed E-state index contributed by atoms with van der Waals surface area (Å²) < 4.78 is 5.17. The van der Waals surface area contributed by atoms with Crippen LogP contribution in [0, 0.1) is 0 Å². The van der Waals surface area contributed by atoms with E-state index in [9.17, 15) is 0 Å². The first-order valence-electron chi connectivity index (χ1n) is 17.8. The maximum absolute atomic E-state index is 2.52. The number of nitrogens with zero attached hydrogens (tertiary/aromatic N) is 1. The Morgan fingerprint density at radius 3 is 1.73 bits per heavy atom. The monoisotopic (exact) mass is 677 g/mol. The van der Waals surface area contributed by atoms with Gasteiger partial charge in [-0.2, -0.15) is 0 Å². The van der Waals surface area contributed by atoms with E-state index in [4.69, 9.17) is 0 Å². The molecule has 242 valence electrons. The van der Waals surface area contributed by atoms with Gasteiger partial charge >= 0.3 is 0 Å². The van der Waals surface area contributed by atoms with Crippen LogP contribution in [0.15, 0.2) is 188 Å². The molecule has 0 amide bonds. The van der Waals surface area contributed by atoms with Crippen LogP contribution in [0.5, 0.6) is 0 Å². The lowest BCUT2D eigenvalue weighted by Gasteiger charge is -2.12. The molecule has 11 rings (SSSR count). The second kappa shape index (κ2) is 11.5. The van der Waals surface area contributed by atoms with Gasteiger partial charge in [-0.15, -0.1) is 11.3 Å². The number of fused-ring (bicyclic) bond motifs is 11. The van der Waals surface area contributed by atoms with E-state index in [2.05, 4.69) is 193 Å². The fraction of sp³-hybridized carbons (Fsp3) is 0. The fourth-order valence-corrected chi connectivity index (χ4v) is 9.64. The molecule has 0 fully saturated rings. The summed E-state index contributed by atoms with van der Waals surface area (Å²) in [4.78, 5) is 0. The van der Waals surface area contributed by atoms with Gasteiger partial charge in [-0.3, -0.25) is 0 Å². The number of hydrogen-bond acceptors (Lipinski definition) is 1. The van der Waals surface area contributed by atoms with E-state index >= 15 is 0 Å². The van der Waals surface area contributed by atoms with Crippen molar-refractivity contribution in [1.29, 1.82) is 0 Å². The van der Waals surface area contributed by atoms with Crippen molar-refractivity contribution in [3.63, 3.8) is 0 Å². The average Bonchev–Trinajstić information content (AvgIpc) is 3.78. The van der Waals surface area contributed by atoms with Crippen molar-refractivity contribution in [1.82, 2.24) is 4.57 Å². The minimum atomic E-state index is 1.16. The number of thiophene rings is 1. The number of rotatable bonds is 4. The van der Waals surface area contributed by atoms with Gasteiger partial charge in [0.15, 0.2) is 0 Å². The van der Waals surface area contributed by atoms with Gasteiger partial charge < -0.3 is 4.57 Å². The Morgan fingerprint density at radius 2 is 0.942 bits per heavy atom. The predicted molar refractivity (Wildman–Crippen MR) is 225 cm³/mol. The highest BCUT2D eigenvalue weighted by atomic mass is 32.1. The summed E-state index contributed by atoms with van der Waals surface area (Å²) in [6.45, 7) is 0. The molecule has 2 heteroatoms. The first-order chi connectivity index (χ1) is 25.8. The van der Waals surface area contributed by atoms with E-state index in [1.54, 1.807) is 0 Å². The van der Waals surface area contributed by atoms with Crippen LogP contribution in [0.2, 0.25) is 0 Å². The van der Waals surface area contributed by atoms with Crippen molar-refractivity contribution in [2.75, 3.05) is 0 Å². The molecule has 0 saturated heterocycles. The van der Waals surface area contributed by atoms with Crippen molar-refractivity contribution in [2.24, 2.45) is 0 Å². The Morgan fingerprint density at radius 1 is 0.365 bits per heavy atom. The van der Waals surface area contributed by atoms with E-state index < -0.39 is 0 Å². The third kappa shape index (κ3) is 4.41. The summed E-state index contributed by atoms with van der Waals surface area (Å²) in [5.74, 6) is 0. The van der Waals surface area contributed by atoms with Gasteiger partial charge in [0.25, 0.3) is 0 Å². The quantitative estimate of drug-likeness (QED) is 0.175. The molecular formula is C50H31NS. The Bertz CT molecular complexity index is 3140. The fourth-order valence-electron chi connectivity index (χ4n) is 8.38. The molecule has 0 aliphatic heterocycles. The molecule has 0 bridgehead atoms. The maximum Gasteiger partial charge on any atom is 0.0726 e. The van der Waals surface area contributed by atoms with Crippen LogP contribution < -0.4 is 0 Å². The van der Waals surface area contributed by atoms with Gasteiger partial charge in [-0.25, -0.2) is 0 Å². The van der Waals surface area contributed by atoms with Crippen molar-refractivity contribution in [3.05, 3.63) is 188 Å². The second-order valence-electron chi connectivity index (χ2n) is 13.7. The van der Waals surface area contributed by atoms with E-state index in [1.807, 2.05) is 11.3 Å². The molecule has 0 radical (unpaired) electrons. The minimum absolute atomic E-state index is 1.16. The highest BCUT2D eigenvalue weighted by Crippen LogP contribution is 2.48. The van der Waals surface area contributed by atoms with E-state index in [1.165, 1.54) is 96.9 Å². The Labute approximate surface area is 305 Å². The summed E-state index contributed by atoms with van der Waals surface area (Å²) in [6, 6.07) is 69.0. The van der Waals surface area contributed by atoms with Crippen LogP contribution in [-0.4, -0.2) is 4.57 Å². The molecule has 0 aliphatic carbocycles. The van der Waals surface area contributed by atoms with E-state index in [0.717, 1.165) is 5.69 Å². The number of benzene rings is 9. The smallest absolute Gasteiger partial charge is 0.0726 e. The largest absolute Gasteiger partial charge is 0.308 e. The average molecular weight is 678 g/mol. The second-order valence-corrected chi connectivity index (χ2v) is 14.7. The molecule has 0 N–H and O–H groups in total. The Kier molecular flexibility index (Phi) is 6.49. The van der Waals surface area contributed by atoms with Crippen LogP contribution in [0.25, 0.3) is 103 Å². The Balaban J connectivity index is 1.18. The lowest BCUT2D eigenvalue weighted by molar-refractivity contribution is 1.19. The summed E-state index contributed by atoms with van der Waals surface area (Å²) in [6.07, 6.45) is 0. The van der Waals surface area contributed by atoms with Gasteiger partial charge in [-0.05, 0) is 85.3 Å². The summed E-state index contributed by atoms with van der Waals surface area (Å²) in [5, 5.41) is 10.4. The van der Waals surface area contributed by atoms with E-state index in [0.29, 0.717) is 0 Å². The molecule has 52 heavy (non-hydrogen) atoms. The van der Waals surface area contributed by atoms with Crippen LogP contribution >= 0.6 is 11.3 Å². The molecule has 1 nitrogen and oxygen atoms in total. The van der Waals surface area contributed by atoms with Gasteiger partial charge in [0, 0.05) is 31.9 Å². The van der Waals surface area contributed by atoms with Gasteiger partial charge in [0.2, 0.25) is 0 Å². The summed E-state index contributed by atoms with van der Waals surface area (Å²) in [5.41, 5.74) is 11.0. The first kappa shape index (κ1) is 29.3. The van der Waals surface area contributed by atoms with Crippen molar-refractivity contribution >= 4 is 74.9 Å². The summed E-state index contributed by atoms with van der Waals surface area (Å²) >= 11 is 1.91. The van der Waals surface area contributed by atoms with Crippen molar-refractivity contribution in [2.45, 2.75) is 0 Å². The molecular weight excluding hydrogens is 647 g/mol. The zero-order valence-corrected chi connectivity index (χ0v) is 29.1. The molecule has 0 saturated carbocycles. The highest BCUT2D eigenvalue weighted by Gasteiger charge is 2.22. The predicted octanol–water partition coefficient (Wildman–Crippen LogP) is 14.5. The third-order valence-electron chi connectivity index (χ3n) is 10.8. The Hall–Kier alpha value is -6.48. The summed E-state index contributed by atoms with van der Waals surface area (Å²) in [7, 11) is 0. The minimum Gasteiger partial charge on any atom is -0.308 e. The standard InChI is InChI=1S/C50H31NS/c1-2-11-32(12-3-1)33-21-23-34(24-22-33)37-27-30-45-44(31-37)47-41-16-6-7-17-42(41)48-43-18-8-9-20-46(43)52-50(48)49(47)51(45)38-28-25-36(26-29-38)40-19-10-14-35-13-4-5-15-39(35)40/h1-31H. The van der Waals surface area contributed by atoms with Crippen LogP contribution in [-0.2, 0) is 0 Å².